The maximum Gasteiger partial charge on any atom is 0.243 e. The van der Waals surface area contributed by atoms with Crippen molar-refractivity contribution in [1.82, 2.24) is 10.2 Å². The van der Waals surface area contributed by atoms with Crippen molar-refractivity contribution in [2.24, 2.45) is 0 Å². The first-order valence-corrected chi connectivity index (χ1v) is 14.4. The Balaban J connectivity index is 1.60. The second-order valence-corrected chi connectivity index (χ2v) is 10.7. The largest absolute Gasteiger partial charge is 0.493 e. The number of amides is 2. The van der Waals surface area contributed by atoms with Crippen molar-refractivity contribution in [2.45, 2.75) is 76.9 Å². The Labute approximate surface area is 238 Å². The first kappa shape index (κ1) is 29.2. The Morgan fingerprint density at radius 3 is 2.20 bits per heavy atom. The maximum atomic E-state index is 14.0. The molecular formula is C34H42N2O4. The summed E-state index contributed by atoms with van der Waals surface area (Å²) in [5.74, 6) is 1.18. The summed E-state index contributed by atoms with van der Waals surface area (Å²) in [5.41, 5.74) is 4.18. The van der Waals surface area contributed by atoms with Crippen molar-refractivity contribution >= 4 is 11.8 Å². The molecule has 0 spiro atoms. The van der Waals surface area contributed by atoms with Gasteiger partial charge in [-0.3, -0.25) is 9.59 Å². The number of aryl methyl sites for hydroxylation is 2. The van der Waals surface area contributed by atoms with Crippen molar-refractivity contribution in [3.05, 3.63) is 95.1 Å². The van der Waals surface area contributed by atoms with E-state index in [0.29, 0.717) is 30.9 Å². The number of methoxy groups -OCH3 is 2. The van der Waals surface area contributed by atoms with Gasteiger partial charge in [-0.25, -0.2) is 0 Å². The summed E-state index contributed by atoms with van der Waals surface area (Å²) in [5, 5.41) is 3.31. The summed E-state index contributed by atoms with van der Waals surface area (Å²) < 4.78 is 10.8. The lowest BCUT2D eigenvalue weighted by Crippen LogP contribution is -2.52. The van der Waals surface area contributed by atoms with Crippen LogP contribution in [-0.2, 0) is 29.0 Å². The lowest BCUT2D eigenvalue weighted by atomic mass is 9.94. The van der Waals surface area contributed by atoms with Crippen LogP contribution in [0.1, 0.15) is 60.8 Å². The highest BCUT2D eigenvalue weighted by Crippen LogP contribution is 2.28. The van der Waals surface area contributed by atoms with E-state index in [1.807, 2.05) is 67.6 Å². The van der Waals surface area contributed by atoms with Crippen LogP contribution in [-0.4, -0.2) is 43.0 Å². The molecule has 1 saturated carbocycles. The molecule has 1 N–H and O–H groups in total. The molecule has 0 bridgehead atoms. The normalized spacial score (nSPS) is 14.3. The van der Waals surface area contributed by atoms with Crippen LogP contribution in [0.15, 0.2) is 72.8 Å². The summed E-state index contributed by atoms with van der Waals surface area (Å²) in [6.45, 7) is 2.42. The molecule has 6 heteroatoms. The number of hydrogen-bond donors (Lipinski definition) is 1. The minimum Gasteiger partial charge on any atom is -0.493 e. The maximum absolute atomic E-state index is 14.0. The average Bonchev–Trinajstić information content (AvgIpc) is 2.99. The highest BCUT2D eigenvalue weighted by Gasteiger charge is 2.31. The molecule has 40 heavy (non-hydrogen) atoms. The average molecular weight is 543 g/mol. The van der Waals surface area contributed by atoms with Crippen LogP contribution in [0, 0.1) is 6.92 Å². The fourth-order valence-corrected chi connectivity index (χ4v) is 5.42. The molecule has 4 rings (SSSR count). The Morgan fingerprint density at radius 1 is 0.850 bits per heavy atom. The Morgan fingerprint density at radius 2 is 1.52 bits per heavy atom. The van der Waals surface area contributed by atoms with Gasteiger partial charge in [0.25, 0.3) is 0 Å². The molecule has 0 heterocycles. The third-order valence-corrected chi connectivity index (χ3v) is 7.77. The molecule has 1 fully saturated rings. The minimum atomic E-state index is -0.608. The highest BCUT2D eigenvalue weighted by atomic mass is 16.5. The van der Waals surface area contributed by atoms with Gasteiger partial charge in [0.05, 0.1) is 14.2 Å². The van der Waals surface area contributed by atoms with Gasteiger partial charge in [0.15, 0.2) is 11.5 Å². The van der Waals surface area contributed by atoms with Gasteiger partial charge in [-0.05, 0) is 55.0 Å². The predicted molar refractivity (Wildman–Crippen MR) is 159 cm³/mol. The third-order valence-electron chi connectivity index (χ3n) is 7.77. The molecule has 0 unspecified atom stereocenters. The predicted octanol–water partition coefficient (Wildman–Crippen LogP) is 6.03. The van der Waals surface area contributed by atoms with Crippen LogP contribution >= 0.6 is 0 Å². The monoisotopic (exact) mass is 542 g/mol. The van der Waals surface area contributed by atoms with Gasteiger partial charge in [-0.15, -0.1) is 0 Å². The first-order chi connectivity index (χ1) is 19.5. The van der Waals surface area contributed by atoms with E-state index in [0.717, 1.165) is 47.9 Å². The minimum absolute atomic E-state index is 0.0462. The standard InChI is InChI=1S/C34H42N2O4/c1-25-14-16-28(17-15-25)24-36(33(37)21-19-27-18-20-31(39-2)32(23-27)40-3)30(22-26-10-6-4-7-11-26)34(38)35-29-12-8-5-9-13-29/h4,6-7,10-11,14-18,20,23,29-30H,5,8-9,12-13,19,21-22,24H2,1-3H3,(H,35,38)/t30-/m1/s1. The molecule has 3 aromatic carbocycles. The van der Waals surface area contributed by atoms with Gasteiger partial charge in [0, 0.05) is 25.4 Å². The zero-order valence-electron chi connectivity index (χ0n) is 24.0. The second kappa shape index (κ2) is 14.5. The third kappa shape index (κ3) is 8.10. The smallest absolute Gasteiger partial charge is 0.243 e. The fraction of sp³-hybridized carbons (Fsp3) is 0.412. The summed E-state index contributed by atoms with van der Waals surface area (Å²) in [6, 6.07) is 23.5. The van der Waals surface area contributed by atoms with Crippen LogP contribution < -0.4 is 14.8 Å². The van der Waals surface area contributed by atoms with Crippen molar-refractivity contribution in [3.63, 3.8) is 0 Å². The molecule has 0 radical (unpaired) electrons. The van der Waals surface area contributed by atoms with E-state index in [1.54, 1.807) is 19.1 Å². The van der Waals surface area contributed by atoms with E-state index in [4.69, 9.17) is 9.47 Å². The topological polar surface area (TPSA) is 67.9 Å². The van der Waals surface area contributed by atoms with Gasteiger partial charge < -0.3 is 19.7 Å². The molecular weight excluding hydrogens is 500 g/mol. The van der Waals surface area contributed by atoms with Gasteiger partial charge in [0.2, 0.25) is 11.8 Å². The number of nitrogens with one attached hydrogen (secondary N) is 1. The lowest BCUT2D eigenvalue weighted by Gasteiger charge is -2.33. The first-order valence-electron chi connectivity index (χ1n) is 14.4. The summed E-state index contributed by atoms with van der Waals surface area (Å²) >= 11 is 0. The molecule has 2 amide bonds. The van der Waals surface area contributed by atoms with Crippen molar-refractivity contribution in [1.29, 1.82) is 0 Å². The summed E-state index contributed by atoms with van der Waals surface area (Å²) in [6.07, 6.45) is 6.75. The Bertz CT molecular complexity index is 1240. The molecule has 212 valence electrons. The zero-order chi connectivity index (χ0) is 28.3. The van der Waals surface area contributed by atoms with E-state index in [2.05, 4.69) is 17.4 Å². The Kier molecular flexibility index (Phi) is 10.6. The van der Waals surface area contributed by atoms with Crippen LogP contribution in [0.3, 0.4) is 0 Å². The second-order valence-electron chi connectivity index (χ2n) is 10.7. The van der Waals surface area contributed by atoms with Crippen LogP contribution in [0.4, 0.5) is 0 Å². The van der Waals surface area contributed by atoms with Crippen molar-refractivity contribution < 1.29 is 19.1 Å². The molecule has 6 nitrogen and oxygen atoms in total. The molecule has 1 atom stereocenters. The molecule has 1 aliphatic carbocycles. The van der Waals surface area contributed by atoms with E-state index in [-0.39, 0.29) is 24.3 Å². The molecule has 1 aliphatic rings. The van der Waals surface area contributed by atoms with Crippen LogP contribution in [0.5, 0.6) is 11.5 Å². The van der Waals surface area contributed by atoms with Crippen molar-refractivity contribution in [3.8, 4) is 11.5 Å². The van der Waals surface area contributed by atoms with Gasteiger partial charge in [0.1, 0.15) is 6.04 Å². The quantitative estimate of drug-likeness (QED) is 0.303. The number of carbonyl (C=O) groups is 2. The van der Waals surface area contributed by atoms with E-state index >= 15 is 0 Å². The lowest BCUT2D eigenvalue weighted by molar-refractivity contribution is -0.141. The molecule has 0 aromatic heterocycles. The molecule has 0 saturated heterocycles. The number of hydrogen-bond acceptors (Lipinski definition) is 4. The van der Waals surface area contributed by atoms with Crippen molar-refractivity contribution in [2.75, 3.05) is 14.2 Å². The zero-order valence-corrected chi connectivity index (χ0v) is 24.0. The Hall–Kier alpha value is -3.80. The summed E-state index contributed by atoms with van der Waals surface area (Å²) in [7, 11) is 3.21. The van der Waals surface area contributed by atoms with E-state index < -0.39 is 6.04 Å². The highest BCUT2D eigenvalue weighted by molar-refractivity contribution is 5.88. The fourth-order valence-electron chi connectivity index (χ4n) is 5.42. The molecule has 0 aliphatic heterocycles. The van der Waals surface area contributed by atoms with Gasteiger partial charge >= 0.3 is 0 Å². The molecule has 3 aromatic rings. The van der Waals surface area contributed by atoms with Gasteiger partial charge in [-0.1, -0.05) is 85.5 Å². The van der Waals surface area contributed by atoms with Gasteiger partial charge in [-0.2, -0.15) is 0 Å². The number of ether oxygens (including phenoxy) is 2. The number of carbonyl (C=O) groups excluding carboxylic acids is 2. The SMILES string of the molecule is COc1ccc(CCC(=O)N(Cc2ccc(C)cc2)[C@H](Cc2ccccc2)C(=O)NC2CCCCC2)cc1OC. The summed E-state index contributed by atoms with van der Waals surface area (Å²) in [4.78, 5) is 29.7. The van der Waals surface area contributed by atoms with Crippen LogP contribution in [0.25, 0.3) is 0 Å². The van der Waals surface area contributed by atoms with E-state index in [9.17, 15) is 9.59 Å². The van der Waals surface area contributed by atoms with Crippen LogP contribution in [0.2, 0.25) is 0 Å². The van der Waals surface area contributed by atoms with E-state index in [1.165, 1.54) is 6.42 Å². The number of rotatable bonds is 12. The number of benzene rings is 3. The number of nitrogens with zero attached hydrogens (tertiary/aromatic N) is 1.